The fourth-order valence-corrected chi connectivity index (χ4v) is 2.47. The van der Waals surface area contributed by atoms with E-state index in [4.69, 9.17) is 0 Å². The van der Waals surface area contributed by atoms with E-state index < -0.39 is 0 Å². The minimum Gasteiger partial charge on any atom is -0.356 e. The Morgan fingerprint density at radius 1 is 1.26 bits per heavy atom. The first-order valence-electron chi connectivity index (χ1n) is 8.37. The molecule has 1 heterocycles. The molecule has 0 aliphatic rings. The van der Waals surface area contributed by atoms with Crippen LogP contribution in [0.1, 0.15) is 17.7 Å². The molecule has 1 amide bonds. The highest BCUT2D eigenvalue weighted by atomic mass is 127. The molecule has 1 aromatic carbocycles. The number of nitrogens with zero attached hydrogens (tertiary/aromatic N) is 3. The number of carbonyl (C=O) groups excluding carboxylic acids is 1. The Bertz CT molecular complexity index is 784. The summed E-state index contributed by atoms with van der Waals surface area (Å²) < 4.78 is 13.3. The lowest BCUT2D eigenvalue weighted by Gasteiger charge is -2.22. The van der Waals surface area contributed by atoms with Crippen molar-refractivity contribution in [3.63, 3.8) is 0 Å². The molecular formula is C19H25FIN5O. The van der Waals surface area contributed by atoms with Crippen molar-refractivity contribution in [3.05, 3.63) is 59.5 Å². The Kier molecular flexibility index (Phi) is 9.70. The van der Waals surface area contributed by atoms with Crippen LogP contribution in [0.2, 0.25) is 0 Å². The molecule has 146 valence electrons. The van der Waals surface area contributed by atoms with Crippen LogP contribution >= 0.6 is 24.0 Å². The lowest BCUT2D eigenvalue weighted by atomic mass is 10.2. The molecule has 6 nitrogen and oxygen atoms in total. The summed E-state index contributed by atoms with van der Waals surface area (Å²) in [5.74, 6) is 0.789. The van der Waals surface area contributed by atoms with Crippen LogP contribution in [0.15, 0.2) is 47.5 Å². The fraction of sp³-hybridized carbons (Fsp3) is 0.316. The van der Waals surface area contributed by atoms with Gasteiger partial charge in [0.25, 0.3) is 0 Å². The molecule has 1 aromatic heterocycles. The van der Waals surface area contributed by atoms with Gasteiger partial charge in [0.15, 0.2) is 5.96 Å². The number of pyridine rings is 1. The van der Waals surface area contributed by atoms with E-state index in [0.29, 0.717) is 24.9 Å². The molecule has 0 saturated carbocycles. The standard InChI is InChI=1S/C19H24FN5O.HI/c1-14-6-4-9-17(23-14)24-18(26)10-11-22-19(21-2)25(3)13-15-7-5-8-16(20)12-15;/h4-9,12H,10-11,13H2,1-3H3,(H,21,22)(H,23,24,26);1H. The number of anilines is 1. The van der Waals surface area contributed by atoms with Gasteiger partial charge < -0.3 is 15.5 Å². The molecule has 2 aromatic rings. The van der Waals surface area contributed by atoms with Gasteiger partial charge in [-0.1, -0.05) is 18.2 Å². The largest absolute Gasteiger partial charge is 0.356 e. The minimum absolute atomic E-state index is 0. The van der Waals surface area contributed by atoms with E-state index in [1.807, 2.05) is 37.1 Å². The van der Waals surface area contributed by atoms with Crippen LogP contribution in [0, 0.1) is 12.7 Å². The Morgan fingerprint density at radius 2 is 2.00 bits per heavy atom. The predicted molar refractivity (Wildman–Crippen MR) is 117 cm³/mol. The van der Waals surface area contributed by atoms with Gasteiger partial charge in [-0.2, -0.15) is 0 Å². The molecule has 8 heteroatoms. The highest BCUT2D eigenvalue weighted by Crippen LogP contribution is 2.07. The lowest BCUT2D eigenvalue weighted by molar-refractivity contribution is -0.116. The smallest absolute Gasteiger partial charge is 0.227 e. The third-order valence-corrected chi connectivity index (χ3v) is 3.67. The van der Waals surface area contributed by atoms with E-state index in [0.717, 1.165) is 11.3 Å². The first kappa shape index (κ1) is 22.8. The van der Waals surface area contributed by atoms with Crippen molar-refractivity contribution >= 4 is 41.7 Å². The van der Waals surface area contributed by atoms with Crippen molar-refractivity contribution in [2.24, 2.45) is 4.99 Å². The highest BCUT2D eigenvalue weighted by Gasteiger charge is 2.09. The molecule has 0 bridgehead atoms. The fourth-order valence-electron chi connectivity index (χ4n) is 2.47. The molecule has 2 rings (SSSR count). The zero-order valence-electron chi connectivity index (χ0n) is 15.7. The van der Waals surface area contributed by atoms with Crippen LogP contribution in [0.25, 0.3) is 0 Å². The molecule has 27 heavy (non-hydrogen) atoms. The van der Waals surface area contributed by atoms with Gasteiger partial charge in [0.2, 0.25) is 5.91 Å². The number of rotatable bonds is 6. The van der Waals surface area contributed by atoms with Crippen molar-refractivity contribution in [3.8, 4) is 0 Å². The Morgan fingerprint density at radius 3 is 2.67 bits per heavy atom. The third-order valence-electron chi connectivity index (χ3n) is 3.67. The maximum absolute atomic E-state index is 13.3. The first-order chi connectivity index (χ1) is 12.5. The van der Waals surface area contributed by atoms with Crippen LogP contribution in [0.5, 0.6) is 0 Å². The van der Waals surface area contributed by atoms with E-state index in [9.17, 15) is 9.18 Å². The molecule has 0 spiro atoms. The Balaban J connectivity index is 0.00000364. The summed E-state index contributed by atoms with van der Waals surface area (Å²) in [5, 5.41) is 5.90. The molecule has 0 radical (unpaired) electrons. The normalized spacial score (nSPS) is 10.7. The Hall–Kier alpha value is -2.23. The quantitative estimate of drug-likeness (QED) is 0.375. The molecular weight excluding hydrogens is 460 g/mol. The average molecular weight is 485 g/mol. The number of aromatic nitrogens is 1. The van der Waals surface area contributed by atoms with Crippen molar-refractivity contribution in [2.45, 2.75) is 19.9 Å². The molecule has 2 N–H and O–H groups in total. The summed E-state index contributed by atoms with van der Waals surface area (Å²) >= 11 is 0. The highest BCUT2D eigenvalue weighted by molar-refractivity contribution is 14.0. The van der Waals surface area contributed by atoms with Gasteiger partial charge in [0.1, 0.15) is 11.6 Å². The van der Waals surface area contributed by atoms with Gasteiger partial charge in [-0.25, -0.2) is 9.37 Å². The number of aryl methyl sites for hydroxylation is 1. The van der Waals surface area contributed by atoms with Crippen molar-refractivity contribution < 1.29 is 9.18 Å². The van der Waals surface area contributed by atoms with Crippen LogP contribution < -0.4 is 10.6 Å². The monoisotopic (exact) mass is 485 g/mol. The van der Waals surface area contributed by atoms with E-state index in [-0.39, 0.29) is 42.1 Å². The van der Waals surface area contributed by atoms with Gasteiger partial charge in [-0.05, 0) is 36.8 Å². The van der Waals surface area contributed by atoms with Gasteiger partial charge in [-0.3, -0.25) is 9.79 Å². The number of aliphatic imine (C=N–C) groups is 1. The zero-order chi connectivity index (χ0) is 18.9. The van der Waals surface area contributed by atoms with Gasteiger partial charge in [-0.15, -0.1) is 24.0 Å². The summed E-state index contributed by atoms with van der Waals surface area (Å²) in [4.78, 5) is 22.3. The van der Waals surface area contributed by atoms with E-state index in [1.165, 1.54) is 12.1 Å². The summed E-state index contributed by atoms with van der Waals surface area (Å²) in [6.07, 6.45) is 0.280. The maximum Gasteiger partial charge on any atom is 0.227 e. The first-order valence-corrected chi connectivity index (χ1v) is 8.37. The second kappa shape index (κ2) is 11.5. The van der Waals surface area contributed by atoms with Crippen molar-refractivity contribution in [2.75, 3.05) is 26.0 Å². The van der Waals surface area contributed by atoms with Gasteiger partial charge >= 0.3 is 0 Å². The van der Waals surface area contributed by atoms with E-state index in [1.54, 1.807) is 19.2 Å². The van der Waals surface area contributed by atoms with Gasteiger partial charge in [0, 0.05) is 39.3 Å². The second-order valence-electron chi connectivity index (χ2n) is 5.92. The molecule has 0 saturated heterocycles. The lowest BCUT2D eigenvalue weighted by Crippen LogP contribution is -2.39. The number of halogens is 2. The molecule has 0 aliphatic carbocycles. The molecule has 0 aliphatic heterocycles. The minimum atomic E-state index is -0.264. The predicted octanol–water partition coefficient (Wildman–Crippen LogP) is 3.18. The van der Waals surface area contributed by atoms with Crippen LogP contribution in [-0.2, 0) is 11.3 Å². The number of hydrogen-bond acceptors (Lipinski definition) is 3. The van der Waals surface area contributed by atoms with Crippen molar-refractivity contribution in [1.29, 1.82) is 0 Å². The maximum atomic E-state index is 13.3. The van der Waals surface area contributed by atoms with E-state index >= 15 is 0 Å². The second-order valence-corrected chi connectivity index (χ2v) is 5.92. The number of amides is 1. The summed E-state index contributed by atoms with van der Waals surface area (Å²) in [5.41, 5.74) is 1.69. The van der Waals surface area contributed by atoms with E-state index in [2.05, 4.69) is 20.6 Å². The van der Waals surface area contributed by atoms with Crippen LogP contribution in [0.4, 0.5) is 10.2 Å². The molecule has 0 fully saturated rings. The van der Waals surface area contributed by atoms with Crippen LogP contribution in [0.3, 0.4) is 0 Å². The third kappa shape index (κ3) is 7.90. The molecule has 0 unspecified atom stereocenters. The number of benzene rings is 1. The number of guanidine groups is 1. The summed E-state index contributed by atoms with van der Waals surface area (Å²) in [7, 11) is 3.53. The topological polar surface area (TPSA) is 69.6 Å². The SMILES string of the molecule is CN=C(NCCC(=O)Nc1cccc(C)n1)N(C)Cc1cccc(F)c1.I. The average Bonchev–Trinajstić information content (AvgIpc) is 2.58. The number of carbonyl (C=O) groups is 1. The van der Waals surface area contributed by atoms with Gasteiger partial charge in [0.05, 0.1) is 0 Å². The summed E-state index contributed by atoms with van der Waals surface area (Å²) in [6, 6.07) is 11.9. The number of nitrogens with one attached hydrogen (secondary N) is 2. The van der Waals surface area contributed by atoms with Crippen LogP contribution in [-0.4, -0.2) is 42.4 Å². The molecule has 0 atom stereocenters. The zero-order valence-corrected chi connectivity index (χ0v) is 18.0. The number of hydrogen-bond donors (Lipinski definition) is 2. The Labute approximate surface area is 176 Å². The van der Waals surface area contributed by atoms with Crippen molar-refractivity contribution in [1.82, 2.24) is 15.2 Å². The summed E-state index contributed by atoms with van der Waals surface area (Å²) in [6.45, 7) is 2.81.